The number of imide groups is 1. The third-order valence-corrected chi connectivity index (χ3v) is 13.1. The second kappa shape index (κ2) is 16.7. The zero-order valence-corrected chi connectivity index (χ0v) is 34.7. The molecule has 18 nitrogen and oxygen atoms in total. The molecule has 5 amide bonds. The average Bonchev–Trinajstić information content (AvgIpc) is 3.78. The maximum atomic E-state index is 15.8. The lowest BCUT2D eigenvalue weighted by Crippen LogP contribution is -2.49. The van der Waals surface area contributed by atoms with Crippen molar-refractivity contribution in [1.29, 1.82) is 0 Å². The number of piperazine rings is 1. The van der Waals surface area contributed by atoms with Gasteiger partial charge in [0.05, 0.1) is 34.5 Å². The van der Waals surface area contributed by atoms with Crippen molar-refractivity contribution in [2.24, 2.45) is 18.7 Å². The van der Waals surface area contributed by atoms with E-state index in [2.05, 4.69) is 46.6 Å². The second-order valence-electron chi connectivity index (χ2n) is 17.0. The SMILES string of the molecule is CN1CCN([C@@H]2CCCN(c3nnc(C(N)=O)c(Nc4ccc(N5CCN(CC6CCN(c7cccc8c(C9CCC(=O)NC9=O)nn(C)c78)CC6)CC5)c(F)c4)n3)C2)C1=O. The predicted octanol–water partition coefficient (Wildman–Crippen LogP) is 2.63. The molecular formula is C42H53FN14O4. The number of nitrogens with zero attached hydrogens (tertiary/aromatic N) is 11. The van der Waals surface area contributed by atoms with E-state index in [1.165, 1.54) is 6.07 Å². The maximum Gasteiger partial charge on any atom is 0.320 e. The fourth-order valence-electron chi connectivity index (χ4n) is 9.78. The molecule has 0 bridgehead atoms. The quantitative estimate of drug-likeness (QED) is 0.198. The van der Waals surface area contributed by atoms with Crippen molar-refractivity contribution in [3.63, 3.8) is 0 Å². The first-order valence-corrected chi connectivity index (χ1v) is 21.4. The van der Waals surface area contributed by atoms with Crippen LogP contribution in [0, 0.1) is 11.7 Å². The molecule has 0 spiro atoms. The number of fused-ring (bicyclic) bond motifs is 1. The van der Waals surface area contributed by atoms with Gasteiger partial charge in [-0.15, -0.1) is 10.2 Å². The molecule has 5 fully saturated rings. The number of rotatable bonds is 10. The fourth-order valence-corrected chi connectivity index (χ4v) is 9.78. The van der Waals surface area contributed by atoms with Gasteiger partial charge in [-0.1, -0.05) is 12.1 Å². The molecule has 7 heterocycles. The molecule has 322 valence electrons. The van der Waals surface area contributed by atoms with Crippen molar-refractivity contribution in [3.05, 3.63) is 53.6 Å². The van der Waals surface area contributed by atoms with Crippen LogP contribution in [0.4, 0.5) is 38.0 Å². The van der Waals surface area contributed by atoms with Gasteiger partial charge in [0.15, 0.2) is 11.5 Å². The first-order valence-electron chi connectivity index (χ1n) is 21.4. The number of hydrogen-bond donors (Lipinski definition) is 3. The van der Waals surface area contributed by atoms with Crippen LogP contribution in [0.15, 0.2) is 36.4 Å². The summed E-state index contributed by atoms with van der Waals surface area (Å²) in [4.78, 5) is 66.6. The summed E-state index contributed by atoms with van der Waals surface area (Å²) in [6, 6.07) is 11.1. The van der Waals surface area contributed by atoms with Gasteiger partial charge in [-0.25, -0.2) is 9.18 Å². The number of nitrogens with two attached hydrogens (primary N) is 1. The number of amides is 5. The van der Waals surface area contributed by atoms with Gasteiger partial charge < -0.3 is 35.6 Å². The Morgan fingerprint density at radius 3 is 2.39 bits per heavy atom. The smallest absolute Gasteiger partial charge is 0.320 e. The van der Waals surface area contributed by atoms with Crippen molar-refractivity contribution in [1.82, 2.24) is 45.0 Å². The van der Waals surface area contributed by atoms with E-state index >= 15 is 4.39 Å². The zero-order chi connectivity index (χ0) is 42.4. The Kier molecular flexibility index (Phi) is 11.1. The molecule has 0 saturated carbocycles. The van der Waals surface area contributed by atoms with Gasteiger partial charge in [-0.2, -0.15) is 10.1 Å². The highest BCUT2D eigenvalue weighted by molar-refractivity contribution is 6.03. The fraction of sp³-hybridized carbons (Fsp3) is 0.524. The van der Waals surface area contributed by atoms with Gasteiger partial charge >= 0.3 is 6.03 Å². The monoisotopic (exact) mass is 836 g/mol. The summed E-state index contributed by atoms with van der Waals surface area (Å²) < 4.78 is 17.7. The van der Waals surface area contributed by atoms with Crippen LogP contribution in [0.2, 0.25) is 0 Å². The number of aryl methyl sites for hydroxylation is 1. The van der Waals surface area contributed by atoms with Crippen LogP contribution in [0.3, 0.4) is 0 Å². The minimum atomic E-state index is -0.804. The van der Waals surface area contributed by atoms with Gasteiger partial charge in [0.25, 0.3) is 5.91 Å². The van der Waals surface area contributed by atoms with E-state index < -0.39 is 11.8 Å². The zero-order valence-electron chi connectivity index (χ0n) is 34.7. The lowest BCUT2D eigenvalue weighted by molar-refractivity contribution is -0.134. The summed E-state index contributed by atoms with van der Waals surface area (Å²) in [6.07, 6.45) is 4.59. The number of carbonyl (C=O) groups is 4. The van der Waals surface area contributed by atoms with Crippen LogP contribution < -0.4 is 31.1 Å². The predicted molar refractivity (Wildman–Crippen MR) is 227 cm³/mol. The number of carbonyl (C=O) groups excluding carboxylic acids is 4. The van der Waals surface area contributed by atoms with Gasteiger partial charge in [-0.3, -0.25) is 29.3 Å². The lowest BCUT2D eigenvalue weighted by atomic mass is 9.92. The molecule has 5 aliphatic heterocycles. The number of para-hydroxylation sites is 1. The van der Waals surface area contributed by atoms with Crippen LogP contribution in [0.5, 0.6) is 0 Å². The second-order valence-corrected chi connectivity index (χ2v) is 17.0. The number of aromatic nitrogens is 5. The summed E-state index contributed by atoms with van der Waals surface area (Å²) in [5.41, 5.74) is 9.27. The third kappa shape index (κ3) is 8.09. The van der Waals surface area contributed by atoms with Crippen molar-refractivity contribution >= 4 is 63.5 Å². The molecular weight excluding hydrogens is 784 g/mol. The van der Waals surface area contributed by atoms with Crippen LogP contribution in [0.25, 0.3) is 10.9 Å². The van der Waals surface area contributed by atoms with Crippen LogP contribution in [-0.2, 0) is 16.6 Å². The summed E-state index contributed by atoms with van der Waals surface area (Å²) in [6.45, 7) is 8.44. The summed E-state index contributed by atoms with van der Waals surface area (Å²) >= 11 is 0. The molecule has 2 atom stereocenters. The molecule has 2 aromatic heterocycles. The molecule has 2 aromatic carbocycles. The average molecular weight is 837 g/mol. The number of hydrogen-bond acceptors (Lipinski definition) is 13. The minimum absolute atomic E-state index is 0.00911. The largest absolute Gasteiger partial charge is 0.370 e. The first kappa shape index (κ1) is 40.3. The number of piperidine rings is 3. The molecule has 5 saturated heterocycles. The van der Waals surface area contributed by atoms with E-state index in [0.717, 1.165) is 80.7 Å². The molecule has 0 aliphatic carbocycles. The van der Waals surface area contributed by atoms with Gasteiger partial charge in [0.2, 0.25) is 17.8 Å². The standard InChI is InChI=1S/C42H53FN14O4/c1-51-17-22-57(42(51)61)28-5-4-14-56(25-28)41-47-39(36(38(44)59)48-49-41)45-27-8-10-32(31(43)23-27)55-20-18-53(19-21-55)24-26-12-15-54(16-13-26)33-7-3-6-29-35(50-52(2)37(29)33)30-9-11-34(58)46-40(30)60/h3,6-8,10,23,26,28,30H,4-5,9,11-22,24-25H2,1-2H3,(H2,44,59)(H,45,47,49)(H,46,58,60)/t28-,30?/m1/s1. The molecule has 4 aromatic rings. The van der Waals surface area contributed by atoms with Crippen LogP contribution >= 0.6 is 0 Å². The summed E-state index contributed by atoms with van der Waals surface area (Å²) in [7, 11) is 3.72. The molecule has 1 unspecified atom stereocenters. The molecule has 4 N–H and O–H groups in total. The lowest BCUT2D eigenvalue weighted by Gasteiger charge is -2.40. The van der Waals surface area contributed by atoms with Gasteiger partial charge in [-0.05, 0) is 62.3 Å². The molecule has 61 heavy (non-hydrogen) atoms. The Hall–Kier alpha value is -6.11. The van der Waals surface area contributed by atoms with E-state index in [0.29, 0.717) is 75.4 Å². The normalized spacial score (nSPS) is 22.1. The van der Waals surface area contributed by atoms with Gasteiger partial charge in [0, 0.05) is 104 Å². The van der Waals surface area contributed by atoms with E-state index in [4.69, 9.17) is 10.8 Å². The van der Waals surface area contributed by atoms with Crippen molar-refractivity contribution in [3.8, 4) is 0 Å². The van der Waals surface area contributed by atoms with E-state index in [9.17, 15) is 19.2 Å². The Bertz CT molecular complexity index is 2340. The van der Waals surface area contributed by atoms with E-state index in [1.807, 2.05) is 33.7 Å². The van der Waals surface area contributed by atoms with Crippen LogP contribution in [0.1, 0.15) is 60.6 Å². The number of primary amides is 1. The molecule has 9 rings (SSSR count). The number of likely N-dealkylation sites (N-methyl/N-ethyl adjacent to an activating group) is 1. The third-order valence-electron chi connectivity index (χ3n) is 13.1. The van der Waals surface area contributed by atoms with Crippen LogP contribution in [-0.4, -0.2) is 148 Å². The molecule has 19 heteroatoms. The maximum absolute atomic E-state index is 15.8. The molecule has 5 aliphatic rings. The highest BCUT2D eigenvalue weighted by Gasteiger charge is 2.36. The highest BCUT2D eigenvalue weighted by Crippen LogP contribution is 2.36. The van der Waals surface area contributed by atoms with Gasteiger partial charge in [0.1, 0.15) is 5.82 Å². The summed E-state index contributed by atoms with van der Waals surface area (Å²) in [5, 5.41) is 19.6. The topological polar surface area (TPSA) is 194 Å². The Labute approximate surface area is 353 Å². The van der Waals surface area contributed by atoms with E-state index in [1.54, 1.807) is 24.1 Å². The van der Waals surface area contributed by atoms with Crippen molar-refractivity contribution < 1.29 is 23.6 Å². The van der Waals surface area contributed by atoms with E-state index in [-0.39, 0.29) is 41.2 Å². The minimum Gasteiger partial charge on any atom is -0.370 e. The Morgan fingerprint density at radius 2 is 1.67 bits per heavy atom. The number of benzene rings is 2. The van der Waals surface area contributed by atoms with Crippen molar-refractivity contribution in [2.75, 3.05) is 99.1 Å². The number of urea groups is 1. The number of nitrogens with one attached hydrogen (secondary N) is 2. The van der Waals surface area contributed by atoms with Crippen molar-refractivity contribution in [2.45, 2.75) is 50.5 Å². The first-order chi connectivity index (χ1) is 29.5. The Balaban J connectivity index is 0.787. The number of halogens is 1. The Morgan fingerprint density at radius 1 is 0.885 bits per heavy atom. The number of anilines is 5. The summed E-state index contributed by atoms with van der Waals surface area (Å²) in [5.74, 6) is -1.19. The highest BCUT2D eigenvalue weighted by atomic mass is 19.1. The molecule has 0 radical (unpaired) electrons.